The number of allylic oxidation sites excluding steroid dienone is 2. The van der Waals surface area contributed by atoms with Crippen LogP contribution < -0.4 is 10.6 Å². The number of hydrogen-bond donors (Lipinski definition) is 2. The molecule has 2 heteroatoms. The van der Waals surface area contributed by atoms with Crippen molar-refractivity contribution in [3.8, 4) is 0 Å². The molecule has 2 nitrogen and oxygen atoms in total. The summed E-state index contributed by atoms with van der Waals surface area (Å²) < 4.78 is 0. The average molecular weight is 262 g/mol. The van der Waals surface area contributed by atoms with Crippen LogP contribution in [0.3, 0.4) is 0 Å². The Labute approximate surface area is 118 Å². The summed E-state index contributed by atoms with van der Waals surface area (Å²) in [6.07, 6.45) is 18.4. The van der Waals surface area contributed by atoms with E-state index < -0.39 is 0 Å². The Morgan fingerprint density at radius 2 is 2.11 bits per heavy atom. The number of nitrogens with one attached hydrogen (secondary N) is 2. The molecule has 1 unspecified atom stereocenters. The highest BCUT2D eigenvalue weighted by Gasteiger charge is 2.49. The minimum absolute atomic E-state index is 0.459. The van der Waals surface area contributed by atoms with Gasteiger partial charge in [-0.25, -0.2) is 0 Å². The fraction of sp³-hybridized carbons (Fsp3) is 0.765. The lowest BCUT2D eigenvalue weighted by molar-refractivity contribution is 0.0294. The minimum Gasteiger partial charge on any atom is -0.394 e. The van der Waals surface area contributed by atoms with Crippen LogP contribution >= 0.6 is 0 Å². The molecule has 0 aromatic heterocycles. The Kier molecular flexibility index (Phi) is 5.50. The van der Waals surface area contributed by atoms with E-state index in [-0.39, 0.29) is 0 Å². The van der Waals surface area contributed by atoms with Gasteiger partial charge >= 0.3 is 0 Å². The lowest BCUT2D eigenvalue weighted by atomic mass is 9.58. The second-order valence-electron chi connectivity index (χ2n) is 6.21. The normalized spacial score (nSPS) is 35.1. The summed E-state index contributed by atoms with van der Waals surface area (Å²) in [7, 11) is 1.95. The summed E-state index contributed by atoms with van der Waals surface area (Å²) >= 11 is 0. The van der Waals surface area contributed by atoms with E-state index >= 15 is 0 Å². The van der Waals surface area contributed by atoms with Crippen LogP contribution in [0.5, 0.6) is 0 Å². The highest BCUT2D eigenvalue weighted by Crippen LogP contribution is 2.47. The molecule has 1 aliphatic carbocycles. The van der Waals surface area contributed by atoms with Crippen LogP contribution in [-0.4, -0.2) is 19.1 Å². The molecule has 1 saturated heterocycles. The number of unbranched alkanes of at least 4 members (excludes halogenated alkanes) is 2. The van der Waals surface area contributed by atoms with E-state index in [0.29, 0.717) is 5.54 Å². The third-order valence-corrected chi connectivity index (χ3v) is 5.07. The maximum atomic E-state index is 3.83. The van der Waals surface area contributed by atoms with Gasteiger partial charge in [-0.15, -0.1) is 0 Å². The van der Waals surface area contributed by atoms with Crippen LogP contribution in [0, 0.1) is 11.8 Å². The molecule has 0 bridgehead atoms. The summed E-state index contributed by atoms with van der Waals surface area (Å²) in [6, 6.07) is 0. The molecule has 19 heavy (non-hydrogen) atoms. The minimum atomic E-state index is 0.459. The van der Waals surface area contributed by atoms with E-state index in [4.69, 9.17) is 0 Å². The molecule has 2 fully saturated rings. The van der Waals surface area contributed by atoms with Crippen molar-refractivity contribution in [2.75, 3.05) is 13.6 Å². The van der Waals surface area contributed by atoms with Crippen molar-refractivity contribution in [1.29, 1.82) is 0 Å². The first-order valence-electron chi connectivity index (χ1n) is 8.03. The molecule has 2 aliphatic rings. The van der Waals surface area contributed by atoms with E-state index in [1.165, 1.54) is 51.5 Å². The van der Waals surface area contributed by atoms with Crippen LogP contribution in [0.15, 0.2) is 24.4 Å². The third-order valence-electron chi connectivity index (χ3n) is 5.07. The Morgan fingerprint density at radius 1 is 1.26 bits per heavy atom. The Bertz CT molecular complexity index is 321. The predicted molar refractivity (Wildman–Crippen MR) is 83.0 cm³/mol. The van der Waals surface area contributed by atoms with Gasteiger partial charge in [-0.05, 0) is 69.5 Å². The van der Waals surface area contributed by atoms with Gasteiger partial charge in [0.1, 0.15) is 0 Å². The summed E-state index contributed by atoms with van der Waals surface area (Å²) in [5, 5.41) is 6.86. The molecule has 2 N–H and O–H groups in total. The van der Waals surface area contributed by atoms with Gasteiger partial charge in [0.2, 0.25) is 0 Å². The van der Waals surface area contributed by atoms with Crippen molar-refractivity contribution in [2.24, 2.45) is 11.8 Å². The highest BCUT2D eigenvalue weighted by molar-refractivity contribution is 5.13. The van der Waals surface area contributed by atoms with Crippen molar-refractivity contribution in [3.05, 3.63) is 24.4 Å². The molecule has 1 spiro atoms. The van der Waals surface area contributed by atoms with E-state index in [1.807, 2.05) is 13.2 Å². The van der Waals surface area contributed by atoms with Gasteiger partial charge in [0.05, 0.1) is 0 Å². The molecule has 1 saturated carbocycles. The fourth-order valence-electron chi connectivity index (χ4n) is 3.67. The largest absolute Gasteiger partial charge is 0.394 e. The van der Waals surface area contributed by atoms with Gasteiger partial charge in [0.25, 0.3) is 0 Å². The SMILES string of the molecule is CN/C=C\CCC/C=C/[C@H]1CCCNC12CC[C@@H]2C. The predicted octanol–water partition coefficient (Wildman–Crippen LogP) is 3.61. The number of hydrogen-bond acceptors (Lipinski definition) is 2. The van der Waals surface area contributed by atoms with Gasteiger partial charge in [-0.1, -0.05) is 25.2 Å². The molecule has 3 atom stereocenters. The summed E-state index contributed by atoms with van der Waals surface area (Å²) in [5.74, 6) is 1.64. The number of piperidine rings is 1. The summed E-state index contributed by atoms with van der Waals surface area (Å²) in [6.45, 7) is 3.65. The van der Waals surface area contributed by atoms with Gasteiger partial charge in [-0.2, -0.15) is 0 Å². The van der Waals surface area contributed by atoms with Crippen LogP contribution in [-0.2, 0) is 0 Å². The second-order valence-corrected chi connectivity index (χ2v) is 6.21. The zero-order valence-corrected chi connectivity index (χ0v) is 12.6. The molecule has 0 aromatic rings. The Balaban J connectivity index is 1.75. The maximum Gasteiger partial charge on any atom is 0.0269 e. The molecule has 108 valence electrons. The molecule has 0 amide bonds. The van der Waals surface area contributed by atoms with Crippen molar-refractivity contribution < 1.29 is 0 Å². The van der Waals surface area contributed by atoms with Gasteiger partial charge < -0.3 is 10.6 Å². The van der Waals surface area contributed by atoms with Crippen LogP contribution in [0.2, 0.25) is 0 Å². The van der Waals surface area contributed by atoms with E-state index in [2.05, 4.69) is 35.8 Å². The zero-order chi connectivity index (χ0) is 13.6. The topological polar surface area (TPSA) is 24.1 Å². The van der Waals surface area contributed by atoms with E-state index in [0.717, 1.165) is 11.8 Å². The first-order chi connectivity index (χ1) is 9.29. The maximum absolute atomic E-state index is 3.83. The smallest absolute Gasteiger partial charge is 0.0269 e. The zero-order valence-electron chi connectivity index (χ0n) is 12.6. The lowest BCUT2D eigenvalue weighted by Gasteiger charge is -2.55. The monoisotopic (exact) mass is 262 g/mol. The molecular formula is C17H30N2. The van der Waals surface area contributed by atoms with Crippen LogP contribution in [0.4, 0.5) is 0 Å². The molecule has 1 heterocycles. The molecule has 2 rings (SSSR count). The third kappa shape index (κ3) is 3.42. The van der Waals surface area contributed by atoms with Crippen molar-refractivity contribution in [2.45, 2.75) is 57.4 Å². The summed E-state index contributed by atoms with van der Waals surface area (Å²) in [4.78, 5) is 0. The van der Waals surface area contributed by atoms with Crippen molar-refractivity contribution in [3.63, 3.8) is 0 Å². The molecular weight excluding hydrogens is 232 g/mol. The van der Waals surface area contributed by atoms with Gasteiger partial charge in [0, 0.05) is 12.6 Å². The average Bonchev–Trinajstić information content (AvgIpc) is 2.45. The quantitative estimate of drug-likeness (QED) is 0.564. The molecule has 0 radical (unpaired) electrons. The fourth-order valence-corrected chi connectivity index (χ4v) is 3.67. The van der Waals surface area contributed by atoms with Crippen molar-refractivity contribution in [1.82, 2.24) is 10.6 Å². The Morgan fingerprint density at radius 3 is 2.79 bits per heavy atom. The lowest BCUT2D eigenvalue weighted by Crippen LogP contribution is -2.63. The molecule has 1 aliphatic heterocycles. The van der Waals surface area contributed by atoms with E-state index in [9.17, 15) is 0 Å². The van der Waals surface area contributed by atoms with Crippen LogP contribution in [0.25, 0.3) is 0 Å². The van der Waals surface area contributed by atoms with Gasteiger partial charge in [-0.3, -0.25) is 0 Å². The molecule has 0 aromatic carbocycles. The standard InChI is InChI=1S/C17H30N2/c1-15-11-12-17(15)16(10-8-14-19-17)9-6-4-3-5-7-13-18-2/h6-7,9,13,15-16,18-19H,3-5,8,10-12,14H2,1-2H3/b9-6+,13-7-/t15-,16-,17?/m0/s1. The van der Waals surface area contributed by atoms with Crippen LogP contribution in [0.1, 0.15) is 51.9 Å². The highest BCUT2D eigenvalue weighted by atomic mass is 15.0. The Hall–Kier alpha value is -0.760. The number of rotatable bonds is 6. The first kappa shape index (κ1) is 14.6. The van der Waals surface area contributed by atoms with E-state index in [1.54, 1.807) is 0 Å². The van der Waals surface area contributed by atoms with Gasteiger partial charge in [0.15, 0.2) is 0 Å². The van der Waals surface area contributed by atoms with Crippen molar-refractivity contribution >= 4 is 0 Å². The first-order valence-corrected chi connectivity index (χ1v) is 8.03. The summed E-state index contributed by atoms with van der Waals surface area (Å²) in [5.41, 5.74) is 0.459. The second kappa shape index (κ2) is 7.14.